The molecule has 0 bridgehead atoms. The van der Waals surface area contributed by atoms with E-state index in [9.17, 15) is 0 Å². The van der Waals surface area contributed by atoms with Crippen LogP contribution in [-0.4, -0.2) is 50.7 Å². The van der Waals surface area contributed by atoms with Crippen LogP contribution >= 0.6 is 0 Å². The van der Waals surface area contributed by atoms with Gasteiger partial charge in [-0.3, -0.25) is 0 Å². The number of aryl methyl sites for hydroxylation is 3. The molecule has 6 heteroatoms. The fraction of sp³-hybridized carbons (Fsp3) is 0.562. The molecule has 2 aromatic heterocycles. The summed E-state index contributed by atoms with van der Waals surface area (Å²) in [5.74, 6) is 2.61. The third kappa shape index (κ3) is 3.11. The first-order valence-electron chi connectivity index (χ1n) is 7.70. The van der Waals surface area contributed by atoms with E-state index in [-0.39, 0.29) is 6.10 Å². The molecule has 3 rings (SSSR count). The highest BCUT2D eigenvalue weighted by Crippen LogP contribution is 2.28. The van der Waals surface area contributed by atoms with Crippen molar-refractivity contribution in [1.82, 2.24) is 24.4 Å². The van der Waals surface area contributed by atoms with E-state index >= 15 is 0 Å². The van der Waals surface area contributed by atoms with Gasteiger partial charge in [0.25, 0.3) is 0 Å². The second-order valence-electron chi connectivity index (χ2n) is 6.01. The highest BCUT2D eigenvalue weighted by Gasteiger charge is 2.27. The van der Waals surface area contributed by atoms with Gasteiger partial charge in [0, 0.05) is 49.7 Å². The quantitative estimate of drug-likeness (QED) is 0.838. The zero-order chi connectivity index (χ0) is 15.7. The number of imidazole rings is 1. The Labute approximate surface area is 131 Å². The standard InChI is InChI=1S/C16H23N5O/c1-11-15-9-14(22-16(15)19-12(2)18-11)10-20(4)7-8-21-6-5-17-13(21)3/h5-6,14H,7-10H2,1-4H3/t14-/m1/s1. The van der Waals surface area contributed by atoms with Crippen molar-refractivity contribution in [2.24, 2.45) is 0 Å². The molecule has 0 fully saturated rings. The maximum atomic E-state index is 5.99. The lowest BCUT2D eigenvalue weighted by Crippen LogP contribution is -2.34. The number of ether oxygens (including phenoxy) is 1. The fourth-order valence-electron chi connectivity index (χ4n) is 2.92. The first-order valence-corrected chi connectivity index (χ1v) is 7.70. The highest BCUT2D eigenvalue weighted by atomic mass is 16.5. The molecule has 0 saturated heterocycles. The summed E-state index contributed by atoms with van der Waals surface area (Å²) in [4.78, 5) is 15.4. The average molecular weight is 301 g/mol. The summed E-state index contributed by atoms with van der Waals surface area (Å²) in [5.41, 5.74) is 2.20. The number of likely N-dealkylation sites (N-methyl/N-ethyl adjacent to an activating group) is 1. The number of fused-ring (bicyclic) bond motifs is 1. The molecule has 3 heterocycles. The van der Waals surface area contributed by atoms with Crippen molar-refractivity contribution in [2.45, 2.75) is 39.8 Å². The van der Waals surface area contributed by atoms with E-state index in [1.165, 1.54) is 0 Å². The first kappa shape index (κ1) is 15.0. The van der Waals surface area contributed by atoms with Crippen molar-refractivity contribution in [1.29, 1.82) is 0 Å². The van der Waals surface area contributed by atoms with Gasteiger partial charge in [-0.25, -0.2) is 9.97 Å². The zero-order valence-corrected chi connectivity index (χ0v) is 13.7. The molecule has 6 nitrogen and oxygen atoms in total. The van der Waals surface area contributed by atoms with Crippen molar-refractivity contribution >= 4 is 0 Å². The lowest BCUT2D eigenvalue weighted by molar-refractivity contribution is 0.161. The van der Waals surface area contributed by atoms with Crippen molar-refractivity contribution < 1.29 is 4.74 Å². The second-order valence-corrected chi connectivity index (χ2v) is 6.01. The van der Waals surface area contributed by atoms with Crippen LogP contribution in [-0.2, 0) is 13.0 Å². The number of hydrogen-bond donors (Lipinski definition) is 0. The minimum absolute atomic E-state index is 0.165. The molecule has 0 aromatic carbocycles. The van der Waals surface area contributed by atoms with Crippen LogP contribution in [0, 0.1) is 20.8 Å². The maximum Gasteiger partial charge on any atom is 0.220 e. The number of hydrogen-bond acceptors (Lipinski definition) is 5. The van der Waals surface area contributed by atoms with Gasteiger partial charge in [0.1, 0.15) is 17.8 Å². The van der Waals surface area contributed by atoms with Crippen molar-refractivity contribution in [3.63, 3.8) is 0 Å². The van der Waals surface area contributed by atoms with E-state index < -0.39 is 0 Å². The zero-order valence-electron chi connectivity index (χ0n) is 13.7. The minimum atomic E-state index is 0.165. The Hall–Kier alpha value is -1.95. The van der Waals surface area contributed by atoms with Crippen LogP contribution in [0.5, 0.6) is 5.88 Å². The number of nitrogens with zero attached hydrogens (tertiary/aromatic N) is 5. The Bertz CT molecular complexity index is 667. The molecule has 0 unspecified atom stereocenters. The van der Waals surface area contributed by atoms with Crippen LogP contribution in [0.3, 0.4) is 0 Å². The van der Waals surface area contributed by atoms with E-state index in [1.54, 1.807) is 0 Å². The Morgan fingerprint density at radius 1 is 1.32 bits per heavy atom. The van der Waals surface area contributed by atoms with Gasteiger partial charge in [-0.2, -0.15) is 4.98 Å². The summed E-state index contributed by atoms with van der Waals surface area (Å²) in [7, 11) is 2.13. The fourth-order valence-corrected chi connectivity index (χ4v) is 2.92. The summed E-state index contributed by atoms with van der Waals surface area (Å²) < 4.78 is 8.15. The van der Waals surface area contributed by atoms with Crippen LogP contribution in [0.2, 0.25) is 0 Å². The van der Waals surface area contributed by atoms with Crippen molar-refractivity contribution in [3.8, 4) is 5.88 Å². The third-order valence-electron chi connectivity index (χ3n) is 4.16. The normalized spacial score (nSPS) is 16.9. The molecule has 0 saturated carbocycles. The van der Waals surface area contributed by atoms with E-state index in [2.05, 4.69) is 31.5 Å². The van der Waals surface area contributed by atoms with Crippen LogP contribution in [0.1, 0.15) is 22.9 Å². The van der Waals surface area contributed by atoms with Gasteiger partial charge in [0.05, 0.1) is 0 Å². The molecular weight excluding hydrogens is 278 g/mol. The summed E-state index contributed by atoms with van der Waals surface area (Å²) in [5, 5.41) is 0. The molecule has 22 heavy (non-hydrogen) atoms. The smallest absolute Gasteiger partial charge is 0.220 e. The molecule has 0 aliphatic carbocycles. The highest BCUT2D eigenvalue weighted by molar-refractivity contribution is 5.34. The Morgan fingerprint density at radius 3 is 2.86 bits per heavy atom. The largest absolute Gasteiger partial charge is 0.472 e. The number of rotatable bonds is 5. The Kier molecular flexibility index (Phi) is 4.11. The molecule has 1 atom stereocenters. The summed E-state index contributed by atoms with van der Waals surface area (Å²) in [6, 6.07) is 0. The maximum absolute atomic E-state index is 5.99. The molecule has 1 aliphatic heterocycles. The van der Waals surface area contributed by atoms with Crippen molar-refractivity contribution in [3.05, 3.63) is 35.3 Å². The average Bonchev–Trinajstić information content (AvgIpc) is 3.02. The number of aromatic nitrogens is 4. The van der Waals surface area contributed by atoms with E-state index in [0.717, 1.165) is 54.8 Å². The topological polar surface area (TPSA) is 56.1 Å². The van der Waals surface area contributed by atoms with Gasteiger partial charge >= 0.3 is 0 Å². The predicted molar refractivity (Wildman–Crippen MR) is 84.1 cm³/mol. The molecular formula is C16H23N5O. The lowest BCUT2D eigenvalue weighted by atomic mass is 10.1. The van der Waals surface area contributed by atoms with E-state index in [1.807, 2.05) is 33.2 Å². The van der Waals surface area contributed by atoms with Gasteiger partial charge in [0.2, 0.25) is 5.88 Å². The second kappa shape index (κ2) is 6.04. The Morgan fingerprint density at radius 2 is 2.14 bits per heavy atom. The van der Waals surface area contributed by atoms with Crippen LogP contribution in [0.25, 0.3) is 0 Å². The first-order chi connectivity index (χ1) is 10.5. The third-order valence-corrected chi connectivity index (χ3v) is 4.16. The SMILES string of the molecule is Cc1nc(C)c2c(n1)O[C@@H](CN(C)CCn1ccnc1C)C2. The minimum Gasteiger partial charge on any atom is -0.472 e. The van der Waals surface area contributed by atoms with Gasteiger partial charge in [0.15, 0.2) is 0 Å². The van der Waals surface area contributed by atoms with Crippen LogP contribution < -0.4 is 4.74 Å². The molecule has 118 valence electrons. The molecule has 0 amide bonds. The van der Waals surface area contributed by atoms with Crippen LogP contribution in [0.4, 0.5) is 0 Å². The molecule has 0 N–H and O–H groups in total. The summed E-state index contributed by atoms with van der Waals surface area (Å²) in [6.07, 6.45) is 4.93. The summed E-state index contributed by atoms with van der Waals surface area (Å²) in [6.45, 7) is 8.77. The molecule has 1 aliphatic rings. The lowest BCUT2D eigenvalue weighted by Gasteiger charge is -2.20. The van der Waals surface area contributed by atoms with Crippen LogP contribution in [0.15, 0.2) is 12.4 Å². The van der Waals surface area contributed by atoms with Gasteiger partial charge in [-0.15, -0.1) is 0 Å². The predicted octanol–water partition coefficient (Wildman–Crippen LogP) is 1.53. The Balaban J connectivity index is 1.54. The molecule has 0 radical (unpaired) electrons. The summed E-state index contributed by atoms with van der Waals surface area (Å²) >= 11 is 0. The van der Waals surface area contributed by atoms with Crippen molar-refractivity contribution in [2.75, 3.05) is 20.1 Å². The monoisotopic (exact) mass is 301 g/mol. The van der Waals surface area contributed by atoms with Gasteiger partial charge in [-0.05, 0) is 27.8 Å². The van der Waals surface area contributed by atoms with E-state index in [0.29, 0.717) is 0 Å². The van der Waals surface area contributed by atoms with Gasteiger partial charge in [-0.1, -0.05) is 0 Å². The molecule has 2 aromatic rings. The molecule has 0 spiro atoms. The van der Waals surface area contributed by atoms with Gasteiger partial charge < -0.3 is 14.2 Å². The van der Waals surface area contributed by atoms with E-state index in [4.69, 9.17) is 4.74 Å².